The van der Waals surface area contributed by atoms with Gasteiger partial charge in [-0.1, -0.05) is 13.8 Å². The number of rotatable bonds is 6. The number of thioether (sulfide) groups is 1. The predicted octanol–water partition coefficient (Wildman–Crippen LogP) is 2.39. The number of hydrogen-bond acceptors (Lipinski definition) is 2. The Kier molecular flexibility index (Phi) is 7.14. The van der Waals surface area contributed by atoms with Gasteiger partial charge in [-0.05, 0) is 19.1 Å². The summed E-state index contributed by atoms with van der Waals surface area (Å²) >= 11 is 1.80. The average Bonchev–Trinajstić information content (AvgIpc) is 2.13. The van der Waals surface area contributed by atoms with Crippen molar-refractivity contribution < 1.29 is 4.79 Å². The van der Waals surface area contributed by atoms with Gasteiger partial charge in [0, 0.05) is 25.3 Å². The third kappa shape index (κ3) is 4.55. The summed E-state index contributed by atoms with van der Waals surface area (Å²) in [4.78, 5) is 13.4. The maximum Gasteiger partial charge on any atom is 0.222 e. The summed E-state index contributed by atoms with van der Waals surface area (Å²) < 4.78 is 0. The van der Waals surface area contributed by atoms with Crippen LogP contribution in [0.1, 0.15) is 33.1 Å². The van der Waals surface area contributed by atoms with E-state index >= 15 is 0 Å². The molecule has 0 heterocycles. The molecule has 0 rings (SSSR count). The molecule has 3 heteroatoms. The first-order chi connectivity index (χ1) is 6.17. The van der Waals surface area contributed by atoms with Gasteiger partial charge in [0.05, 0.1) is 0 Å². The quantitative estimate of drug-likeness (QED) is 0.660. The summed E-state index contributed by atoms with van der Waals surface area (Å²) in [5, 5.41) is 0. The van der Waals surface area contributed by atoms with Gasteiger partial charge in [-0.3, -0.25) is 4.79 Å². The van der Waals surface area contributed by atoms with E-state index in [4.69, 9.17) is 0 Å². The van der Waals surface area contributed by atoms with Crippen molar-refractivity contribution in [3.8, 4) is 0 Å². The standard InChI is InChI=1S/C10H21NOS/c1-5-7-10(12)11(3)9(6-2)8-13-4/h9H,5-8H2,1-4H3. The molecule has 2 nitrogen and oxygen atoms in total. The third-order valence-electron chi connectivity index (χ3n) is 2.24. The van der Waals surface area contributed by atoms with Gasteiger partial charge >= 0.3 is 0 Å². The SMILES string of the molecule is CCCC(=O)N(C)C(CC)CSC. The summed E-state index contributed by atoms with van der Waals surface area (Å²) in [5.74, 6) is 1.33. The van der Waals surface area contributed by atoms with Crippen LogP contribution in [0.25, 0.3) is 0 Å². The van der Waals surface area contributed by atoms with Gasteiger partial charge in [0.25, 0.3) is 0 Å². The zero-order valence-corrected chi connectivity index (χ0v) is 9.99. The highest BCUT2D eigenvalue weighted by atomic mass is 32.2. The smallest absolute Gasteiger partial charge is 0.222 e. The van der Waals surface area contributed by atoms with E-state index in [0.717, 1.165) is 18.6 Å². The van der Waals surface area contributed by atoms with E-state index in [9.17, 15) is 4.79 Å². The van der Waals surface area contributed by atoms with Crippen LogP contribution in [-0.2, 0) is 4.79 Å². The molecule has 1 atom stereocenters. The molecule has 0 fully saturated rings. The lowest BCUT2D eigenvalue weighted by Crippen LogP contribution is -2.38. The van der Waals surface area contributed by atoms with Crippen molar-refractivity contribution in [1.82, 2.24) is 4.90 Å². The van der Waals surface area contributed by atoms with Gasteiger partial charge in [0.1, 0.15) is 0 Å². The molecule has 0 aliphatic carbocycles. The van der Waals surface area contributed by atoms with E-state index in [2.05, 4.69) is 13.2 Å². The second-order valence-corrected chi connectivity index (χ2v) is 4.18. The summed E-state index contributed by atoms with van der Waals surface area (Å²) in [5.41, 5.74) is 0. The van der Waals surface area contributed by atoms with Crippen molar-refractivity contribution in [2.75, 3.05) is 19.1 Å². The Morgan fingerprint density at radius 2 is 2.08 bits per heavy atom. The molecule has 0 aliphatic rings. The first kappa shape index (κ1) is 12.8. The zero-order chi connectivity index (χ0) is 10.3. The molecule has 0 spiro atoms. The molecule has 78 valence electrons. The average molecular weight is 203 g/mol. The van der Waals surface area contributed by atoms with Crippen molar-refractivity contribution in [1.29, 1.82) is 0 Å². The van der Waals surface area contributed by atoms with Gasteiger partial charge in [-0.15, -0.1) is 0 Å². The van der Waals surface area contributed by atoms with Crippen LogP contribution in [0.4, 0.5) is 0 Å². The van der Waals surface area contributed by atoms with E-state index in [1.165, 1.54) is 0 Å². The molecule has 1 unspecified atom stereocenters. The Balaban J connectivity index is 4.02. The normalized spacial score (nSPS) is 12.6. The molecule has 0 aromatic carbocycles. The minimum Gasteiger partial charge on any atom is -0.342 e. The fraction of sp³-hybridized carbons (Fsp3) is 0.900. The Morgan fingerprint density at radius 3 is 2.46 bits per heavy atom. The van der Waals surface area contributed by atoms with E-state index in [1.54, 1.807) is 11.8 Å². The highest BCUT2D eigenvalue weighted by molar-refractivity contribution is 7.98. The minimum absolute atomic E-state index is 0.281. The molecular weight excluding hydrogens is 182 g/mol. The van der Waals surface area contributed by atoms with Crippen molar-refractivity contribution in [3.63, 3.8) is 0 Å². The lowest BCUT2D eigenvalue weighted by molar-refractivity contribution is -0.131. The fourth-order valence-electron chi connectivity index (χ4n) is 1.29. The van der Waals surface area contributed by atoms with Crippen molar-refractivity contribution in [2.45, 2.75) is 39.2 Å². The Bertz CT molecular complexity index is 150. The Morgan fingerprint density at radius 1 is 1.46 bits per heavy atom. The molecule has 1 amide bonds. The van der Waals surface area contributed by atoms with Crippen molar-refractivity contribution >= 4 is 17.7 Å². The highest BCUT2D eigenvalue weighted by Crippen LogP contribution is 2.09. The van der Waals surface area contributed by atoms with Crippen LogP contribution >= 0.6 is 11.8 Å². The Labute approximate surface area is 86.1 Å². The number of nitrogens with zero attached hydrogens (tertiary/aromatic N) is 1. The molecule has 0 radical (unpaired) electrons. The van der Waals surface area contributed by atoms with E-state index in [-0.39, 0.29) is 5.91 Å². The van der Waals surface area contributed by atoms with Crippen LogP contribution in [0.3, 0.4) is 0 Å². The molecule has 0 aromatic rings. The monoisotopic (exact) mass is 203 g/mol. The number of hydrogen-bond donors (Lipinski definition) is 0. The van der Waals surface area contributed by atoms with E-state index in [1.807, 2.05) is 18.9 Å². The topological polar surface area (TPSA) is 20.3 Å². The molecular formula is C10H21NOS. The minimum atomic E-state index is 0.281. The molecule has 0 saturated carbocycles. The predicted molar refractivity (Wildman–Crippen MR) is 60.1 cm³/mol. The number of carbonyl (C=O) groups excluding carboxylic acids is 1. The summed E-state index contributed by atoms with van der Waals surface area (Å²) in [6, 6.07) is 0.411. The van der Waals surface area contributed by atoms with Gasteiger partial charge in [0.2, 0.25) is 5.91 Å². The first-order valence-electron chi connectivity index (χ1n) is 4.91. The summed E-state index contributed by atoms with van der Waals surface area (Å²) in [7, 11) is 1.92. The summed E-state index contributed by atoms with van der Waals surface area (Å²) in [6.07, 6.45) is 4.76. The maximum atomic E-state index is 11.5. The van der Waals surface area contributed by atoms with Crippen LogP contribution in [0, 0.1) is 0 Å². The second-order valence-electron chi connectivity index (χ2n) is 3.27. The van der Waals surface area contributed by atoms with Gasteiger partial charge in [-0.25, -0.2) is 0 Å². The lowest BCUT2D eigenvalue weighted by Gasteiger charge is -2.26. The van der Waals surface area contributed by atoms with Crippen molar-refractivity contribution in [3.05, 3.63) is 0 Å². The molecule has 0 N–H and O–H groups in total. The lowest BCUT2D eigenvalue weighted by atomic mass is 10.2. The first-order valence-corrected chi connectivity index (χ1v) is 6.31. The van der Waals surface area contributed by atoms with Gasteiger partial charge in [0.15, 0.2) is 0 Å². The van der Waals surface area contributed by atoms with Crippen LogP contribution in [0.2, 0.25) is 0 Å². The molecule has 0 aromatic heterocycles. The van der Waals surface area contributed by atoms with Crippen LogP contribution in [0.15, 0.2) is 0 Å². The third-order valence-corrected chi connectivity index (χ3v) is 2.95. The summed E-state index contributed by atoms with van der Waals surface area (Å²) in [6.45, 7) is 4.18. The van der Waals surface area contributed by atoms with E-state index < -0.39 is 0 Å². The molecule has 13 heavy (non-hydrogen) atoms. The fourth-order valence-corrected chi connectivity index (χ4v) is 2.13. The van der Waals surface area contributed by atoms with Crippen LogP contribution in [-0.4, -0.2) is 35.9 Å². The largest absolute Gasteiger partial charge is 0.342 e. The Hall–Kier alpha value is -0.180. The zero-order valence-electron chi connectivity index (χ0n) is 9.17. The van der Waals surface area contributed by atoms with Crippen LogP contribution < -0.4 is 0 Å². The number of amides is 1. The number of carbonyl (C=O) groups is 1. The molecule has 0 aliphatic heterocycles. The van der Waals surface area contributed by atoms with Crippen LogP contribution in [0.5, 0.6) is 0 Å². The van der Waals surface area contributed by atoms with Crippen molar-refractivity contribution in [2.24, 2.45) is 0 Å². The van der Waals surface area contributed by atoms with Gasteiger partial charge in [-0.2, -0.15) is 11.8 Å². The molecule has 0 bridgehead atoms. The van der Waals surface area contributed by atoms with E-state index in [0.29, 0.717) is 12.5 Å². The highest BCUT2D eigenvalue weighted by Gasteiger charge is 2.16. The van der Waals surface area contributed by atoms with Gasteiger partial charge < -0.3 is 4.90 Å². The second kappa shape index (κ2) is 7.25. The molecule has 0 saturated heterocycles. The maximum absolute atomic E-state index is 11.5.